The Hall–Kier alpha value is -4.09. The van der Waals surface area contributed by atoms with Crippen LogP contribution < -0.4 is 9.61 Å². The van der Waals surface area contributed by atoms with Crippen molar-refractivity contribution in [3.05, 3.63) is 75.9 Å². The Morgan fingerprint density at radius 2 is 1.89 bits per heavy atom. The van der Waals surface area contributed by atoms with E-state index in [4.69, 9.17) is 6.42 Å². The number of H-pyrrole nitrogens is 1. The number of aromatic amines is 1. The van der Waals surface area contributed by atoms with E-state index in [0.29, 0.717) is 34.9 Å². The van der Waals surface area contributed by atoms with Crippen LogP contribution in [0.2, 0.25) is 0 Å². The van der Waals surface area contributed by atoms with Gasteiger partial charge in [0.1, 0.15) is 11.4 Å². The van der Waals surface area contributed by atoms with Crippen molar-refractivity contribution in [1.29, 1.82) is 0 Å². The van der Waals surface area contributed by atoms with Crippen LogP contribution in [0.3, 0.4) is 0 Å². The van der Waals surface area contributed by atoms with E-state index in [1.807, 2.05) is 37.3 Å². The van der Waals surface area contributed by atoms with Gasteiger partial charge < -0.3 is 13.7 Å². The lowest BCUT2D eigenvalue weighted by molar-refractivity contribution is 0.440. The van der Waals surface area contributed by atoms with Crippen molar-refractivity contribution in [3.8, 4) is 29.2 Å². The van der Waals surface area contributed by atoms with Gasteiger partial charge in [-0.3, -0.25) is 4.79 Å². The normalized spacial score (nSPS) is 12.0. The number of aryl methyl sites for hydroxylation is 1. The molecule has 0 unspecified atom stereocenters. The van der Waals surface area contributed by atoms with Crippen molar-refractivity contribution >= 4 is 43.3 Å². The Kier molecular flexibility index (Phi) is 6.04. The number of benzene rings is 3. The summed E-state index contributed by atoms with van der Waals surface area (Å²) in [4.78, 5) is 17.3. The highest BCUT2D eigenvalue weighted by molar-refractivity contribution is 7.81. The van der Waals surface area contributed by atoms with Gasteiger partial charge in [0.05, 0.1) is 10.9 Å². The summed E-state index contributed by atoms with van der Waals surface area (Å²) in [6.45, 7) is 6.76. The molecule has 8 heteroatoms. The van der Waals surface area contributed by atoms with Crippen molar-refractivity contribution in [2.24, 2.45) is 5.92 Å². The first-order valence-corrected chi connectivity index (χ1v) is 13.3. The van der Waals surface area contributed by atoms with Crippen LogP contribution in [0.5, 0.6) is 5.75 Å². The molecule has 5 rings (SSSR count). The highest BCUT2D eigenvalue weighted by Crippen LogP contribution is 2.34. The maximum absolute atomic E-state index is 13.9. The summed E-state index contributed by atoms with van der Waals surface area (Å²) in [5, 5.41) is 2.02. The highest BCUT2D eigenvalue weighted by Gasteiger charge is 2.19. The van der Waals surface area contributed by atoms with E-state index >= 15 is 0 Å². The molecule has 2 aromatic heterocycles. The van der Waals surface area contributed by atoms with E-state index < -0.39 is 10.5 Å². The molecule has 0 saturated carbocycles. The van der Waals surface area contributed by atoms with Crippen molar-refractivity contribution < 1.29 is 16.5 Å². The Labute approximate surface area is 214 Å². The summed E-state index contributed by atoms with van der Waals surface area (Å²) in [5.74, 6) is 2.79. The minimum absolute atomic E-state index is 0.0772. The zero-order valence-corrected chi connectivity index (χ0v) is 21.4. The second kappa shape index (κ2) is 9.09. The number of hydrogen-bond donors (Lipinski definition) is 1. The number of terminal acetylenes is 1. The molecule has 6 nitrogen and oxygen atoms in total. The molecule has 0 amide bonds. The SMILES string of the molecule is C#Cc1ccc2c(c1)[nH]c1c2c(=O)c2cc(CC(C)C)c(-c3cccc(OS(=O)(=O)F)c3)cc2n1CC. The fourth-order valence-electron chi connectivity index (χ4n) is 5.04. The first-order chi connectivity index (χ1) is 17.6. The van der Waals surface area contributed by atoms with Gasteiger partial charge in [0.25, 0.3) is 0 Å². The zero-order chi connectivity index (χ0) is 26.5. The van der Waals surface area contributed by atoms with Crippen molar-refractivity contribution in [2.45, 2.75) is 33.7 Å². The molecule has 0 radical (unpaired) electrons. The third kappa shape index (κ3) is 4.47. The van der Waals surface area contributed by atoms with Gasteiger partial charge in [0.2, 0.25) is 0 Å². The molecule has 0 aliphatic heterocycles. The fourth-order valence-corrected chi connectivity index (χ4v) is 5.37. The monoisotopic (exact) mass is 516 g/mol. The molecular weight excluding hydrogens is 491 g/mol. The molecule has 37 heavy (non-hydrogen) atoms. The van der Waals surface area contributed by atoms with E-state index in [-0.39, 0.29) is 17.1 Å². The predicted molar refractivity (Wildman–Crippen MR) is 146 cm³/mol. The molecule has 188 valence electrons. The molecule has 0 fully saturated rings. The Bertz CT molecular complexity index is 1910. The minimum atomic E-state index is -5.16. The smallest absolute Gasteiger partial charge is 0.358 e. The van der Waals surface area contributed by atoms with Crippen molar-refractivity contribution in [2.75, 3.05) is 0 Å². The molecule has 0 saturated heterocycles. The predicted octanol–water partition coefficient (Wildman–Crippen LogP) is 6.10. The summed E-state index contributed by atoms with van der Waals surface area (Å²) in [6, 6.07) is 15.7. The van der Waals surface area contributed by atoms with E-state index in [9.17, 15) is 17.1 Å². The van der Waals surface area contributed by atoms with E-state index in [1.165, 1.54) is 12.1 Å². The summed E-state index contributed by atoms with van der Waals surface area (Å²) in [5.41, 5.74) is 5.27. The molecule has 3 aromatic carbocycles. The minimum Gasteiger partial charge on any atom is -0.358 e. The zero-order valence-electron chi connectivity index (χ0n) is 20.6. The lowest BCUT2D eigenvalue weighted by Gasteiger charge is -2.17. The molecule has 5 aromatic rings. The number of rotatable bonds is 6. The van der Waals surface area contributed by atoms with Crippen LogP contribution in [0.4, 0.5) is 3.89 Å². The number of halogens is 1. The van der Waals surface area contributed by atoms with Crippen LogP contribution in [0, 0.1) is 18.3 Å². The number of nitrogens with one attached hydrogen (secondary N) is 1. The third-order valence-electron chi connectivity index (χ3n) is 6.48. The maximum Gasteiger partial charge on any atom is 0.488 e. The fraction of sp³-hybridized carbons (Fsp3) is 0.207. The first kappa shape index (κ1) is 24.6. The van der Waals surface area contributed by atoms with Gasteiger partial charge >= 0.3 is 10.5 Å². The van der Waals surface area contributed by atoms with Crippen molar-refractivity contribution in [1.82, 2.24) is 9.55 Å². The van der Waals surface area contributed by atoms with Crippen LogP contribution in [0.1, 0.15) is 31.9 Å². The number of nitrogens with zero attached hydrogens (tertiary/aromatic N) is 1. The number of pyridine rings is 1. The average Bonchev–Trinajstić information content (AvgIpc) is 3.21. The lowest BCUT2D eigenvalue weighted by Crippen LogP contribution is -2.12. The van der Waals surface area contributed by atoms with Gasteiger partial charge in [0.15, 0.2) is 5.43 Å². The summed E-state index contributed by atoms with van der Waals surface area (Å²) in [6.07, 6.45) is 6.26. The molecule has 1 N–H and O–H groups in total. The number of aromatic nitrogens is 2. The third-order valence-corrected chi connectivity index (χ3v) is 6.88. The summed E-state index contributed by atoms with van der Waals surface area (Å²) >= 11 is 0. The number of fused-ring (bicyclic) bond motifs is 4. The Balaban J connectivity index is 1.85. The van der Waals surface area contributed by atoms with E-state index in [1.54, 1.807) is 12.1 Å². The molecule has 0 bridgehead atoms. The molecule has 0 aliphatic rings. The summed E-state index contributed by atoms with van der Waals surface area (Å²) < 4.78 is 41.8. The molecule has 0 aliphatic carbocycles. The van der Waals surface area contributed by atoms with Crippen LogP contribution in [-0.4, -0.2) is 18.0 Å². The maximum atomic E-state index is 13.9. The topological polar surface area (TPSA) is 81.2 Å². The largest absolute Gasteiger partial charge is 0.488 e. The second-order valence-corrected chi connectivity index (χ2v) is 10.4. The Morgan fingerprint density at radius 1 is 1.11 bits per heavy atom. The van der Waals surface area contributed by atoms with Crippen LogP contribution >= 0.6 is 0 Å². The van der Waals surface area contributed by atoms with E-state index in [0.717, 1.165) is 33.1 Å². The standard InChI is InChI=1S/C29H25FN2O4S/c1-5-18-10-11-22-25(13-18)31-29-27(22)28(33)24-15-20(12-17(3)4)23(16-26(24)32(29)6-2)19-8-7-9-21(14-19)36-37(30,34)35/h1,7-11,13-17,31H,6,12H2,2-4H3. The molecule has 0 spiro atoms. The van der Waals surface area contributed by atoms with Gasteiger partial charge in [-0.1, -0.05) is 41.9 Å². The van der Waals surface area contributed by atoms with Crippen molar-refractivity contribution in [3.63, 3.8) is 0 Å². The second-order valence-electron chi connectivity index (χ2n) is 9.46. The number of hydrogen-bond acceptors (Lipinski definition) is 4. The van der Waals surface area contributed by atoms with Crippen LogP contribution in [0.25, 0.3) is 44.0 Å². The average molecular weight is 517 g/mol. The molecule has 0 atom stereocenters. The van der Waals surface area contributed by atoms with Gasteiger partial charge in [-0.05, 0) is 72.4 Å². The molecular formula is C29H25FN2O4S. The van der Waals surface area contributed by atoms with Gasteiger partial charge in [-0.15, -0.1) is 6.42 Å². The lowest BCUT2D eigenvalue weighted by atomic mass is 9.91. The molecule has 2 heterocycles. The van der Waals surface area contributed by atoms with Crippen LogP contribution in [0.15, 0.2) is 59.4 Å². The Morgan fingerprint density at radius 3 is 2.57 bits per heavy atom. The quantitative estimate of drug-likeness (QED) is 0.219. The van der Waals surface area contributed by atoms with Gasteiger partial charge in [-0.25, -0.2) is 0 Å². The van der Waals surface area contributed by atoms with E-state index in [2.05, 4.69) is 33.5 Å². The highest BCUT2D eigenvalue weighted by atomic mass is 32.3. The first-order valence-electron chi connectivity index (χ1n) is 12.0. The van der Waals surface area contributed by atoms with Gasteiger partial charge in [0, 0.05) is 28.4 Å². The van der Waals surface area contributed by atoms with Crippen LogP contribution in [-0.2, 0) is 23.5 Å². The summed E-state index contributed by atoms with van der Waals surface area (Å²) in [7, 11) is -5.16. The van der Waals surface area contributed by atoms with Gasteiger partial charge in [-0.2, -0.15) is 8.42 Å².